The third-order valence-electron chi connectivity index (χ3n) is 2.82. The van der Waals surface area contributed by atoms with Crippen LogP contribution in [0.5, 0.6) is 11.5 Å². The zero-order valence-electron chi connectivity index (χ0n) is 10.9. The van der Waals surface area contributed by atoms with E-state index in [4.69, 9.17) is 16.3 Å². The zero-order chi connectivity index (χ0) is 13.8. The van der Waals surface area contributed by atoms with Crippen molar-refractivity contribution in [2.24, 2.45) is 0 Å². The highest BCUT2D eigenvalue weighted by molar-refractivity contribution is 6.31. The topological polar surface area (TPSA) is 42.4 Å². The molecule has 0 fully saturated rings. The van der Waals surface area contributed by atoms with Gasteiger partial charge in [-0.3, -0.25) is 4.98 Å². The van der Waals surface area contributed by atoms with Gasteiger partial charge in [-0.15, -0.1) is 0 Å². The minimum Gasteiger partial charge on any atom is -0.456 e. The molecule has 1 N–H and O–H groups in total. The van der Waals surface area contributed by atoms with Crippen LogP contribution in [0.2, 0.25) is 5.02 Å². The molecule has 2 aromatic rings. The number of hydrogen-bond donors (Lipinski definition) is 1. The fourth-order valence-electron chi connectivity index (χ4n) is 1.72. The van der Waals surface area contributed by atoms with E-state index in [0.29, 0.717) is 11.4 Å². The van der Waals surface area contributed by atoms with Gasteiger partial charge in [-0.2, -0.15) is 0 Å². The number of nitrogens with zero attached hydrogens (tertiary/aromatic N) is 1. The summed E-state index contributed by atoms with van der Waals surface area (Å²) in [6.07, 6.45) is 1.88. The molecule has 0 aliphatic carbocycles. The molecule has 100 valence electrons. The smallest absolute Gasteiger partial charge is 0.145 e. The summed E-state index contributed by atoms with van der Waals surface area (Å²) in [7, 11) is 0. The highest BCUT2D eigenvalue weighted by Crippen LogP contribution is 2.26. The van der Waals surface area contributed by atoms with Gasteiger partial charge < -0.3 is 9.84 Å². The van der Waals surface area contributed by atoms with Gasteiger partial charge in [0.1, 0.15) is 11.5 Å². The van der Waals surface area contributed by atoms with E-state index in [0.717, 1.165) is 22.8 Å². The monoisotopic (exact) mass is 277 g/mol. The Morgan fingerprint density at radius 1 is 1.26 bits per heavy atom. The fraction of sp³-hybridized carbons (Fsp3) is 0.267. The number of aliphatic hydroxyl groups is 1. The van der Waals surface area contributed by atoms with Gasteiger partial charge in [0.15, 0.2) is 0 Å². The van der Waals surface area contributed by atoms with Gasteiger partial charge in [0.25, 0.3) is 0 Å². The van der Waals surface area contributed by atoms with E-state index in [2.05, 4.69) is 4.98 Å². The molecule has 0 aliphatic heterocycles. The van der Waals surface area contributed by atoms with Crippen LogP contribution in [0, 0.1) is 0 Å². The lowest BCUT2D eigenvalue weighted by atomic mass is 10.1. The molecule has 1 aromatic heterocycles. The molecule has 1 aromatic carbocycles. The van der Waals surface area contributed by atoms with Crippen molar-refractivity contribution in [3.63, 3.8) is 0 Å². The Kier molecular flexibility index (Phi) is 4.40. The van der Waals surface area contributed by atoms with Gasteiger partial charge in [-0.05, 0) is 49.2 Å². The van der Waals surface area contributed by atoms with E-state index >= 15 is 0 Å². The van der Waals surface area contributed by atoms with Crippen molar-refractivity contribution in [1.29, 1.82) is 0 Å². The van der Waals surface area contributed by atoms with Gasteiger partial charge in [0, 0.05) is 5.02 Å². The second kappa shape index (κ2) is 6.04. The SMILES string of the molecule is CCc1cc(Oc2ccc([C@H](C)O)nc2)ccc1Cl. The molecule has 0 amide bonds. The summed E-state index contributed by atoms with van der Waals surface area (Å²) < 4.78 is 5.71. The first kappa shape index (κ1) is 13.8. The maximum absolute atomic E-state index is 9.39. The molecule has 19 heavy (non-hydrogen) atoms. The normalized spacial score (nSPS) is 12.2. The van der Waals surface area contributed by atoms with Crippen LogP contribution in [0.3, 0.4) is 0 Å². The minimum absolute atomic E-state index is 0.573. The largest absolute Gasteiger partial charge is 0.456 e. The number of ether oxygens (including phenoxy) is 1. The molecule has 4 heteroatoms. The average Bonchev–Trinajstić information content (AvgIpc) is 2.41. The predicted octanol–water partition coefficient (Wildman–Crippen LogP) is 4.14. The first-order valence-corrected chi connectivity index (χ1v) is 6.58. The lowest BCUT2D eigenvalue weighted by Crippen LogP contribution is -1.95. The molecule has 0 spiro atoms. The van der Waals surface area contributed by atoms with E-state index in [1.807, 2.05) is 25.1 Å². The standard InChI is InChI=1S/C15H16ClNO2/c1-3-11-8-12(4-6-14(11)16)19-13-5-7-15(10(2)18)17-9-13/h4-10,18H,3H2,1-2H3/t10-/m0/s1. The van der Waals surface area contributed by atoms with Gasteiger partial charge in [0.2, 0.25) is 0 Å². The molecule has 1 atom stereocenters. The highest BCUT2D eigenvalue weighted by atomic mass is 35.5. The number of aliphatic hydroxyl groups excluding tert-OH is 1. The molecule has 0 saturated heterocycles. The van der Waals surface area contributed by atoms with Crippen molar-refractivity contribution in [2.75, 3.05) is 0 Å². The Labute approximate surface area is 117 Å². The fourth-order valence-corrected chi connectivity index (χ4v) is 1.97. The van der Waals surface area contributed by atoms with Crippen molar-refractivity contribution in [2.45, 2.75) is 26.4 Å². The number of hydrogen-bond acceptors (Lipinski definition) is 3. The third kappa shape index (κ3) is 3.46. The molecule has 0 unspecified atom stereocenters. The van der Waals surface area contributed by atoms with E-state index in [1.54, 1.807) is 25.3 Å². The molecule has 3 nitrogen and oxygen atoms in total. The van der Waals surface area contributed by atoms with Gasteiger partial charge in [0.05, 0.1) is 18.0 Å². The summed E-state index contributed by atoms with van der Waals surface area (Å²) in [4.78, 5) is 4.13. The number of halogens is 1. The highest BCUT2D eigenvalue weighted by Gasteiger charge is 2.05. The van der Waals surface area contributed by atoms with Crippen LogP contribution in [-0.2, 0) is 6.42 Å². The lowest BCUT2D eigenvalue weighted by Gasteiger charge is -2.09. The van der Waals surface area contributed by atoms with Crippen LogP contribution in [0.4, 0.5) is 0 Å². The maximum Gasteiger partial charge on any atom is 0.145 e. The predicted molar refractivity (Wildman–Crippen MR) is 75.8 cm³/mol. The lowest BCUT2D eigenvalue weighted by molar-refractivity contribution is 0.194. The summed E-state index contributed by atoms with van der Waals surface area (Å²) in [5.41, 5.74) is 1.67. The first-order valence-electron chi connectivity index (χ1n) is 6.20. The second-order valence-corrected chi connectivity index (χ2v) is 4.71. The molecule has 0 bridgehead atoms. The zero-order valence-corrected chi connectivity index (χ0v) is 11.7. The average molecular weight is 278 g/mol. The van der Waals surface area contributed by atoms with Crippen LogP contribution in [0.15, 0.2) is 36.5 Å². The quantitative estimate of drug-likeness (QED) is 0.913. The van der Waals surface area contributed by atoms with Crippen molar-refractivity contribution < 1.29 is 9.84 Å². The molecular weight excluding hydrogens is 262 g/mol. The number of aryl methyl sites for hydroxylation is 1. The molecule has 0 saturated carbocycles. The minimum atomic E-state index is -0.573. The van der Waals surface area contributed by atoms with Crippen LogP contribution in [0.25, 0.3) is 0 Å². The number of aromatic nitrogens is 1. The van der Waals surface area contributed by atoms with Crippen LogP contribution in [0.1, 0.15) is 31.2 Å². The van der Waals surface area contributed by atoms with Crippen LogP contribution >= 0.6 is 11.6 Å². The molecule has 0 radical (unpaired) electrons. The van der Waals surface area contributed by atoms with Crippen molar-refractivity contribution in [3.8, 4) is 11.5 Å². The second-order valence-electron chi connectivity index (χ2n) is 4.30. The molecule has 0 aliphatic rings. The summed E-state index contributed by atoms with van der Waals surface area (Å²) in [6.45, 7) is 3.72. The van der Waals surface area contributed by atoms with Crippen molar-refractivity contribution in [1.82, 2.24) is 4.98 Å². The number of rotatable bonds is 4. The Morgan fingerprint density at radius 2 is 2.00 bits per heavy atom. The van der Waals surface area contributed by atoms with E-state index in [9.17, 15) is 5.11 Å². The van der Waals surface area contributed by atoms with E-state index in [1.165, 1.54) is 0 Å². The van der Waals surface area contributed by atoms with E-state index < -0.39 is 6.10 Å². The Bertz CT molecular complexity index is 553. The first-order chi connectivity index (χ1) is 9.10. The maximum atomic E-state index is 9.39. The summed E-state index contributed by atoms with van der Waals surface area (Å²) >= 11 is 6.06. The Hall–Kier alpha value is -1.58. The third-order valence-corrected chi connectivity index (χ3v) is 3.19. The number of pyridine rings is 1. The Balaban J connectivity index is 2.16. The summed E-state index contributed by atoms with van der Waals surface area (Å²) in [5.74, 6) is 1.36. The van der Waals surface area contributed by atoms with Gasteiger partial charge >= 0.3 is 0 Å². The molecule has 1 heterocycles. The van der Waals surface area contributed by atoms with Crippen molar-refractivity contribution in [3.05, 3.63) is 52.8 Å². The van der Waals surface area contributed by atoms with Gasteiger partial charge in [-0.25, -0.2) is 0 Å². The van der Waals surface area contributed by atoms with Crippen molar-refractivity contribution >= 4 is 11.6 Å². The van der Waals surface area contributed by atoms with Gasteiger partial charge in [-0.1, -0.05) is 18.5 Å². The summed E-state index contributed by atoms with van der Waals surface area (Å²) in [6, 6.07) is 9.11. The number of benzene rings is 1. The molecular formula is C15H16ClNO2. The summed E-state index contributed by atoms with van der Waals surface area (Å²) in [5, 5.41) is 10.1. The molecule has 2 rings (SSSR count). The van der Waals surface area contributed by atoms with Crippen LogP contribution < -0.4 is 4.74 Å². The van der Waals surface area contributed by atoms with E-state index in [-0.39, 0.29) is 0 Å². The Morgan fingerprint density at radius 3 is 2.58 bits per heavy atom. The van der Waals surface area contributed by atoms with Crippen LogP contribution in [-0.4, -0.2) is 10.1 Å².